The van der Waals surface area contributed by atoms with Crippen LogP contribution in [0.15, 0.2) is 10.5 Å². The van der Waals surface area contributed by atoms with E-state index in [1.165, 1.54) is 0 Å². The van der Waals surface area contributed by atoms with Crippen LogP contribution in [0.25, 0.3) is 11.1 Å². The maximum absolute atomic E-state index is 5.67. The number of aromatic nitrogens is 2. The first kappa shape index (κ1) is 10.5. The van der Waals surface area contributed by atoms with Gasteiger partial charge in [0.1, 0.15) is 5.52 Å². The molecule has 3 rings (SSSR count). The molecule has 1 aliphatic rings. The second-order valence-electron chi connectivity index (χ2n) is 4.41. The zero-order valence-electron chi connectivity index (χ0n) is 10.2. The average Bonchev–Trinajstić information content (AvgIpc) is 2.69. The fraction of sp³-hybridized carbons (Fsp3) is 0.500. The predicted octanol–water partition coefficient (Wildman–Crippen LogP) is 1.25. The van der Waals surface area contributed by atoms with Gasteiger partial charge >= 0.3 is 0 Å². The Morgan fingerprint density at radius 1 is 1.24 bits per heavy atom. The topological polar surface area (TPSA) is 54.2 Å². The molecule has 0 aliphatic carbocycles. The lowest BCUT2D eigenvalue weighted by Crippen LogP contribution is -2.44. The molecule has 0 saturated carbocycles. The van der Waals surface area contributed by atoms with Gasteiger partial charge in [0.25, 0.3) is 0 Å². The minimum atomic E-state index is 0.698. The van der Waals surface area contributed by atoms with Gasteiger partial charge in [0, 0.05) is 38.8 Å². The van der Waals surface area contributed by atoms with E-state index in [1.54, 1.807) is 0 Å². The molecule has 2 aromatic heterocycles. The molecule has 2 aromatic rings. The summed E-state index contributed by atoms with van der Waals surface area (Å²) >= 11 is 0. The van der Waals surface area contributed by atoms with Gasteiger partial charge in [-0.2, -0.15) is 0 Å². The van der Waals surface area contributed by atoms with E-state index in [4.69, 9.17) is 4.42 Å². The summed E-state index contributed by atoms with van der Waals surface area (Å²) < 4.78 is 5.67. The van der Waals surface area contributed by atoms with Crippen molar-refractivity contribution in [3.63, 3.8) is 0 Å². The number of nitrogens with one attached hydrogen (secondary N) is 1. The molecule has 1 fully saturated rings. The average molecular weight is 232 g/mol. The Balaban J connectivity index is 2.12. The number of pyridine rings is 1. The number of piperazine rings is 1. The summed E-state index contributed by atoms with van der Waals surface area (Å²) in [7, 11) is 0. The summed E-state index contributed by atoms with van der Waals surface area (Å²) in [5.41, 5.74) is 2.71. The zero-order valence-corrected chi connectivity index (χ0v) is 10.2. The van der Waals surface area contributed by atoms with Crippen LogP contribution in [0.5, 0.6) is 0 Å². The Kier molecular flexibility index (Phi) is 2.48. The number of aryl methyl sites for hydroxylation is 2. The van der Waals surface area contributed by atoms with Crippen molar-refractivity contribution in [2.45, 2.75) is 13.8 Å². The fourth-order valence-corrected chi connectivity index (χ4v) is 2.24. The van der Waals surface area contributed by atoms with Crippen molar-refractivity contribution in [3.05, 3.63) is 17.7 Å². The highest BCUT2D eigenvalue weighted by Crippen LogP contribution is 2.26. The Morgan fingerprint density at radius 2 is 2.00 bits per heavy atom. The van der Waals surface area contributed by atoms with Gasteiger partial charge in [0.15, 0.2) is 17.3 Å². The van der Waals surface area contributed by atoms with E-state index < -0.39 is 0 Å². The number of hydrogen-bond donors (Lipinski definition) is 1. The quantitative estimate of drug-likeness (QED) is 0.802. The summed E-state index contributed by atoms with van der Waals surface area (Å²) in [4.78, 5) is 11.2. The van der Waals surface area contributed by atoms with Gasteiger partial charge in [-0.25, -0.2) is 9.97 Å². The summed E-state index contributed by atoms with van der Waals surface area (Å²) in [6, 6.07) is 1.97. The number of fused-ring (bicyclic) bond motifs is 1. The lowest BCUT2D eigenvalue weighted by Gasteiger charge is -2.28. The van der Waals surface area contributed by atoms with Gasteiger partial charge in [0.2, 0.25) is 0 Å². The minimum Gasteiger partial charge on any atom is -0.437 e. The SMILES string of the molecule is Cc1cc2nc(C)oc2c(N2CCNCC2)n1. The normalized spacial score (nSPS) is 16.7. The molecule has 90 valence electrons. The molecule has 1 N–H and O–H groups in total. The standard InChI is InChI=1S/C12H16N4O/c1-8-7-10-11(17-9(2)15-10)12(14-8)16-5-3-13-4-6-16/h7,13H,3-6H2,1-2H3. The first-order valence-electron chi connectivity index (χ1n) is 5.94. The highest BCUT2D eigenvalue weighted by Gasteiger charge is 2.18. The van der Waals surface area contributed by atoms with Crippen LogP contribution in [0.4, 0.5) is 5.82 Å². The maximum Gasteiger partial charge on any atom is 0.197 e. The third-order valence-electron chi connectivity index (χ3n) is 3.01. The highest BCUT2D eigenvalue weighted by molar-refractivity contribution is 5.84. The van der Waals surface area contributed by atoms with Crippen LogP contribution in [0.1, 0.15) is 11.6 Å². The van der Waals surface area contributed by atoms with E-state index in [9.17, 15) is 0 Å². The van der Waals surface area contributed by atoms with Crippen LogP contribution in [-0.2, 0) is 0 Å². The molecular weight excluding hydrogens is 216 g/mol. The molecule has 0 amide bonds. The molecule has 0 unspecified atom stereocenters. The Bertz CT molecular complexity index is 543. The van der Waals surface area contributed by atoms with E-state index in [0.717, 1.165) is 48.8 Å². The molecule has 3 heterocycles. The monoisotopic (exact) mass is 232 g/mol. The van der Waals surface area contributed by atoms with Gasteiger partial charge in [-0.05, 0) is 13.0 Å². The summed E-state index contributed by atoms with van der Waals surface area (Å²) in [6.07, 6.45) is 0. The van der Waals surface area contributed by atoms with Crippen LogP contribution in [0, 0.1) is 13.8 Å². The molecule has 5 nitrogen and oxygen atoms in total. The third kappa shape index (κ3) is 1.86. The number of hydrogen-bond acceptors (Lipinski definition) is 5. The molecule has 0 bridgehead atoms. The van der Waals surface area contributed by atoms with Crippen LogP contribution in [0.3, 0.4) is 0 Å². The second-order valence-corrected chi connectivity index (χ2v) is 4.41. The first-order valence-corrected chi connectivity index (χ1v) is 5.94. The number of oxazole rings is 1. The molecule has 1 saturated heterocycles. The van der Waals surface area contributed by atoms with Gasteiger partial charge in [-0.3, -0.25) is 0 Å². The Morgan fingerprint density at radius 3 is 2.76 bits per heavy atom. The molecule has 0 atom stereocenters. The minimum absolute atomic E-state index is 0.698. The maximum atomic E-state index is 5.67. The van der Waals surface area contributed by atoms with Crippen molar-refractivity contribution >= 4 is 16.9 Å². The van der Waals surface area contributed by atoms with Crippen molar-refractivity contribution < 1.29 is 4.42 Å². The molecule has 17 heavy (non-hydrogen) atoms. The van der Waals surface area contributed by atoms with Crippen molar-refractivity contribution in [2.75, 3.05) is 31.1 Å². The molecule has 0 radical (unpaired) electrons. The van der Waals surface area contributed by atoms with Gasteiger partial charge in [-0.1, -0.05) is 0 Å². The van der Waals surface area contributed by atoms with E-state index >= 15 is 0 Å². The van der Waals surface area contributed by atoms with E-state index in [0.29, 0.717) is 5.89 Å². The second kappa shape index (κ2) is 4.00. The predicted molar refractivity (Wildman–Crippen MR) is 66.4 cm³/mol. The first-order chi connectivity index (χ1) is 8.24. The van der Waals surface area contributed by atoms with Crippen molar-refractivity contribution in [1.82, 2.24) is 15.3 Å². The molecule has 1 aliphatic heterocycles. The Labute approximate surface area is 99.8 Å². The molecular formula is C12H16N4O. The lowest BCUT2D eigenvalue weighted by molar-refractivity contribution is 0.549. The lowest BCUT2D eigenvalue weighted by atomic mass is 10.3. The zero-order chi connectivity index (χ0) is 11.8. The van der Waals surface area contributed by atoms with E-state index in [1.807, 2.05) is 19.9 Å². The van der Waals surface area contributed by atoms with Gasteiger partial charge in [-0.15, -0.1) is 0 Å². The van der Waals surface area contributed by atoms with Crippen molar-refractivity contribution in [3.8, 4) is 0 Å². The van der Waals surface area contributed by atoms with Crippen molar-refractivity contribution in [1.29, 1.82) is 0 Å². The molecule has 5 heteroatoms. The van der Waals surface area contributed by atoms with Crippen LogP contribution in [0.2, 0.25) is 0 Å². The van der Waals surface area contributed by atoms with Crippen molar-refractivity contribution in [2.24, 2.45) is 0 Å². The largest absolute Gasteiger partial charge is 0.437 e. The van der Waals surface area contributed by atoms with Crippen LogP contribution < -0.4 is 10.2 Å². The number of nitrogens with zero attached hydrogens (tertiary/aromatic N) is 3. The molecule has 0 spiro atoms. The summed E-state index contributed by atoms with van der Waals surface area (Å²) in [5.74, 6) is 1.63. The van der Waals surface area contributed by atoms with Crippen LogP contribution >= 0.6 is 0 Å². The molecule has 0 aromatic carbocycles. The highest BCUT2D eigenvalue weighted by atomic mass is 16.3. The summed E-state index contributed by atoms with van der Waals surface area (Å²) in [6.45, 7) is 7.77. The Hall–Kier alpha value is -1.62. The van der Waals surface area contributed by atoms with E-state index in [2.05, 4.69) is 20.2 Å². The van der Waals surface area contributed by atoms with Gasteiger partial charge in [0.05, 0.1) is 0 Å². The van der Waals surface area contributed by atoms with Gasteiger partial charge < -0.3 is 14.6 Å². The number of rotatable bonds is 1. The third-order valence-corrected chi connectivity index (χ3v) is 3.01. The van der Waals surface area contributed by atoms with Crippen LogP contribution in [-0.4, -0.2) is 36.1 Å². The fourth-order valence-electron chi connectivity index (χ4n) is 2.24. The van der Waals surface area contributed by atoms with E-state index in [-0.39, 0.29) is 0 Å². The number of anilines is 1. The summed E-state index contributed by atoms with van der Waals surface area (Å²) in [5, 5.41) is 3.34. The smallest absolute Gasteiger partial charge is 0.197 e.